The number of sulfonamides is 1. The predicted molar refractivity (Wildman–Crippen MR) is 144 cm³/mol. The zero-order chi connectivity index (χ0) is 26.9. The fourth-order valence-corrected chi connectivity index (χ4v) is 6.84. The van der Waals surface area contributed by atoms with Crippen molar-refractivity contribution in [3.8, 4) is 0 Å². The molecule has 2 saturated heterocycles. The van der Waals surface area contributed by atoms with Gasteiger partial charge in [-0.05, 0) is 60.0 Å². The average molecular weight is 555 g/mol. The highest BCUT2D eigenvalue weighted by atomic mass is 35.5. The van der Waals surface area contributed by atoms with E-state index < -0.39 is 16.3 Å². The summed E-state index contributed by atoms with van der Waals surface area (Å²) < 4.78 is 33.7. The molecule has 0 spiro atoms. The van der Waals surface area contributed by atoms with E-state index in [1.165, 1.54) is 18.1 Å². The minimum atomic E-state index is -4.11. The summed E-state index contributed by atoms with van der Waals surface area (Å²) in [4.78, 5) is 33.4. The molecule has 0 aliphatic carbocycles. The molecular formula is C27H27ClN4O5S. The van der Waals surface area contributed by atoms with Gasteiger partial charge in [0.15, 0.2) is 17.9 Å². The number of carbonyl (C=O) groups excluding carboxylic acids is 2. The molecule has 0 radical (unpaired) electrons. The number of methoxy groups -OCH3 is 1. The summed E-state index contributed by atoms with van der Waals surface area (Å²) in [7, 11) is -2.76. The number of ether oxygens (including phenoxy) is 1. The van der Waals surface area contributed by atoms with E-state index in [4.69, 9.17) is 16.3 Å². The Balaban J connectivity index is 1.34. The van der Waals surface area contributed by atoms with Crippen molar-refractivity contribution >= 4 is 49.9 Å². The van der Waals surface area contributed by atoms with Crippen molar-refractivity contribution in [1.82, 2.24) is 14.2 Å². The molecule has 0 bridgehead atoms. The Bertz CT molecular complexity index is 1500. The van der Waals surface area contributed by atoms with Crippen LogP contribution in [0.5, 0.6) is 0 Å². The molecule has 1 aromatic heterocycles. The van der Waals surface area contributed by atoms with Crippen molar-refractivity contribution in [1.29, 1.82) is 0 Å². The van der Waals surface area contributed by atoms with E-state index in [2.05, 4.69) is 9.88 Å². The lowest BCUT2D eigenvalue weighted by Crippen LogP contribution is -2.57. The fourth-order valence-electron chi connectivity index (χ4n) is 5.18. The van der Waals surface area contributed by atoms with Crippen LogP contribution in [0.4, 0.5) is 5.69 Å². The van der Waals surface area contributed by atoms with Crippen molar-refractivity contribution in [3.05, 3.63) is 71.6 Å². The molecule has 2 aromatic carbocycles. The van der Waals surface area contributed by atoms with Crippen LogP contribution >= 0.6 is 11.6 Å². The van der Waals surface area contributed by atoms with E-state index in [1.807, 2.05) is 12.1 Å². The Morgan fingerprint density at radius 3 is 2.37 bits per heavy atom. The Labute approximate surface area is 226 Å². The third-order valence-electron chi connectivity index (χ3n) is 7.17. The first-order valence-electron chi connectivity index (χ1n) is 12.3. The molecule has 1 amide bonds. The average Bonchev–Trinajstić information content (AvgIpc) is 2.96. The van der Waals surface area contributed by atoms with E-state index in [1.54, 1.807) is 48.7 Å². The minimum absolute atomic E-state index is 0.0261. The van der Waals surface area contributed by atoms with Crippen molar-refractivity contribution in [3.63, 3.8) is 0 Å². The zero-order valence-corrected chi connectivity index (χ0v) is 22.4. The fraction of sp³-hybridized carbons (Fsp3) is 0.333. The zero-order valence-electron chi connectivity index (χ0n) is 20.8. The third-order valence-corrected chi connectivity index (χ3v) is 9.22. The van der Waals surface area contributed by atoms with Gasteiger partial charge in [-0.1, -0.05) is 23.7 Å². The van der Waals surface area contributed by atoms with Crippen LogP contribution in [-0.2, 0) is 24.3 Å². The Kier molecular flexibility index (Phi) is 7.40. The maximum Gasteiger partial charge on any atom is 0.264 e. The van der Waals surface area contributed by atoms with Gasteiger partial charge >= 0.3 is 0 Å². The first kappa shape index (κ1) is 26.2. The summed E-state index contributed by atoms with van der Waals surface area (Å²) in [5.41, 5.74) is 0.819. The third kappa shape index (κ3) is 4.88. The number of amides is 1. The quantitative estimate of drug-likeness (QED) is 0.446. The number of anilines is 1. The number of piperidine rings is 1. The number of hydrogen-bond donors (Lipinski definition) is 0. The van der Waals surface area contributed by atoms with Crippen LogP contribution in [0.3, 0.4) is 0 Å². The predicted octanol–water partition coefficient (Wildman–Crippen LogP) is 3.33. The first-order chi connectivity index (χ1) is 18.3. The lowest BCUT2D eigenvalue weighted by molar-refractivity contribution is -0.149. The molecule has 198 valence electrons. The van der Waals surface area contributed by atoms with E-state index in [0.717, 1.165) is 15.4 Å². The summed E-state index contributed by atoms with van der Waals surface area (Å²) in [5, 5.41) is 2.04. The number of benzene rings is 2. The lowest BCUT2D eigenvalue weighted by atomic mass is 9.94. The second-order valence-corrected chi connectivity index (χ2v) is 11.6. The molecule has 5 rings (SSSR count). The molecule has 2 aliphatic heterocycles. The molecule has 3 aromatic rings. The monoisotopic (exact) mass is 554 g/mol. The number of rotatable bonds is 5. The molecule has 0 saturated carbocycles. The molecule has 2 fully saturated rings. The largest absolute Gasteiger partial charge is 0.371 e. The molecule has 2 aliphatic rings. The van der Waals surface area contributed by atoms with Crippen molar-refractivity contribution in [2.75, 3.05) is 38.2 Å². The number of aromatic nitrogens is 1. The summed E-state index contributed by atoms with van der Waals surface area (Å²) in [6, 6.07) is 13.7. The molecule has 1 unspecified atom stereocenters. The molecule has 9 nitrogen and oxygen atoms in total. The van der Waals surface area contributed by atoms with Crippen LogP contribution in [0.2, 0.25) is 5.02 Å². The van der Waals surface area contributed by atoms with Gasteiger partial charge in [0.05, 0.1) is 11.4 Å². The maximum absolute atomic E-state index is 13.6. The topological polar surface area (TPSA) is 100 Å². The lowest BCUT2D eigenvalue weighted by Gasteiger charge is -2.43. The summed E-state index contributed by atoms with van der Waals surface area (Å²) >= 11 is 6.05. The number of fused-ring (bicyclic) bond motifs is 1. The van der Waals surface area contributed by atoms with Gasteiger partial charge in [-0.3, -0.25) is 14.1 Å². The van der Waals surface area contributed by atoms with E-state index >= 15 is 0 Å². The first-order valence-corrected chi connectivity index (χ1v) is 14.1. The van der Waals surface area contributed by atoms with Crippen LogP contribution in [0.25, 0.3) is 10.8 Å². The van der Waals surface area contributed by atoms with E-state index in [9.17, 15) is 18.0 Å². The molecule has 38 heavy (non-hydrogen) atoms. The second-order valence-electron chi connectivity index (χ2n) is 9.30. The summed E-state index contributed by atoms with van der Waals surface area (Å²) in [5.74, 6) is 1.35. The summed E-state index contributed by atoms with van der Waals surface area (Å²) in [6.07, 6.45) is 3.60. The van der Waals surface area contributed by atoms with Crippen LogP contribution in [0.1, 0.15) is 12.8 Å². The van der Waals surface area contributed by atoms with Gasteiger partial charge in [-0.2, -0.15) is 0 Å². The van der Waals surface area contributed by atoms with Crippen molar-refractivity contribution < 1.29 is 22.7 Å². The Morgan fingerprint density at radius 1 is 1.00 bits per heavy atom. The van der Waals surface area contributed by atoms with Gasteiger partial charge in [0, 0.05) is 55.8 Å². The van der Waals surface area contributed by atoms with Crippen LogP contribution in [-0.4, -0.2) is 74.0 Å². The van der Waals surface area contributed by atoms with Crippen molar-refractivity contribution in [2.24, 2.45) is 5.92 Å². The normalized spacial score (nSPS) is 19.1. The van der Waals surface area contributed by atoms with Crippen LogP contribution in [0, 0.1) is 5.92 Å². The Morgan fingerprint density at radius 2 is 1.68 bits per heavy atom. The highest BCUT2D eigenvalue weighted by molar-refractivity contribution is 7.89. The molecule has 1 atom stereocenters. The van der Waals surface area contributed by atoms with Gasteiger partial charge in [0.25, 0.3) is 10.0 Å². The SMILES string of the molecule is COC1C(=C=O)N(S(=O)(=O)c2ccc3cc(Cl)ccc3c2)CCN1C(=O)C1CCN(c2ccncc2)CC1. The number of hydrogen-bond acceptors (Lipinski definition) is 7. The summed E-state index contributed by atoms with van der Waals surface area (Å²) in [6.45, 7) is 1.43. The van der Waals surface area contributed by atoms with Gasteiger partial charge in [-0.25, -0.2) is 13.2 Å². The molecular weight excluding hydrogens is 528 g/mol. The number of piperazine rings is 1. The maximum atomic E-state index is 13.6. The molecule has 3 heterocycles. The molecule has 0 N–H and O–H groups in total. The van der Waals surface area contributed by atoms with Gasteiger partial charge in [0.1, 0.15) is 0 Å². The number of pyridine rings is 1. The number of carbonyl (C=O) groups is 1. The molecule has 11 heteroatoms. The second kappa shape index (κ2) is 10.7. The standard InChI is InChI=1S/C27H27ClN4O5S/c1-37-27-25(18-33)32(38(35,36)24-5-3-20-16-22(28)4-2-21(20)17-24)15-14-31(27)26(34)19-8-12-30(13-9-19)23-6-10-29-11-7-23/h2-7,10-11,16-17,19,27H,8-9,12-15H2,1H3. The van der Waals surface area contributed by atoms with Crippen molar-refractivity contribution in [2.45, 2.75) is 24.0 Å². The van der Waals surface area contributed by atoms with Gasteiger partial charge < -0.3 is 14.5 Å². The number of halogens is 1. The van der Waals surface area contributed by atoms with E-state index in [-0.39, 0.29) is 35.5 Å². The highest BCUT2D eigenvalue weighted by Crippen LogP contribution is 2.32. The van der Waals surface area contributed by atoms with Crippen LogP contribution < -0.4 is 4.90 Å². The van der Waals surface area contributed by atoms with Gasteiger partial charge in [0.2, 0.25) is 5.91 Å². The van der Waals surface area contributed by atoms with Crippen LogP contribution in [0.15, 0.2) is 71.5 Å². The van der Waals surface area contributed by atoms with Gasteiger partial charge in [-0.15, -0.1) is 0 Å². The Hall–Kier alpha value is -3.43. The number of nitrogens with zero attached hydrogens (tertiary/aromatic N) is 4. The van der Waals surface area contributed by atoms with E-state index in [0.29, 0.717) is 36.3 Å². The smallest absolute Gasteiger partial charge is 0.264 e. The minimum Gasteiger partial charge on any atom is -0.371 e. The highest BCUT2D eigenvalue weighted by Gasteiger charge is 2.43.